The summed E-state index contributed by atoms with van der Waals surface area (Å²) in [6, 6.07) is 0. The maximum absolute atomic E-state index is 11.2. The molecule has 0 bridgehead atoms. The van der Waals surface area contributed by atoms with Crippen LogP contribution in [-0.2, 0) is 18.6 Å². The molecule has 0 aromatic rings. The monoisotopic (exact) mass is 386 g/mol. The van der Waals surface area contributed by atoms with E-state index in [1.54, 1.807) is 12.2 Å². The van der Waals surface area contributed by atoms with E-state index >= 15 is 0 Å². The second-order valence-corrected chi connectivity index (χ2v) is 9.32. The van der Waals surface area contributed by atoms with Crippen molar-refractivity contribution in [1.29, 1.82) is 0 Å². The lowest BCUT2D eigenvalue weighted by molar-refractivity contribution is 0.428. The first-order chi connectivity index (χ1) is 10.2. The minimum absolute atomic E-state index is 0.0166. The summed E-state index contributed by atoms with van der Waals surface area (Å²) in [4.78, 5) is 0.510. The van der Waals surface area contributed by atoms with Crippen LogP contribution in [0.5, 0.6) is 0 Å². The summed E-state index contributed by atoms with van der Waals surface area (Å²) in [6.45, 7) is 5.92. The standard InChI is InChI=1S/C14H20O2S.Cl2O2S/c1-3-5-9-12(8-4-2)13-10-6-7-11-14(13)17(15)16;1-5(2,3)4/h4,6-7,10-13H,2-3,5,8-9H2,1H3;. The molecule has 0 fully saturated rings. The van der Waals surface area contributed by atoms with Crippen LogP contribution in [0.1, 0.15) is 32.6 Å². The SMILES string of the molecule is C=CCC(CCCC)C1C=CC=CC1=S(=O)=O.O=S(=O)(Cl)Cl. The molecule has 0 aliphatic heterocycles. The molecule has 0 aromatic heterocycles. The van der Waals surface area contributed by atoms with Gasteiger partial charge in [0.25, 0.3) is 0 Å². The fourth-order valence-electron chi connectivity index (χ4n) is 2.22. The van der Waals surface area contributed by atoms with E-state index in [1.165, 1.54) is 0 Å². The third-order valence-electron chi connectivity index (χ3n) is 3.12. The second-order valence-electron chi connectivity index (χ2n) is 4.71. The number of hydrogen-bond donors (Lipinski definition) is 0. The van der Waals surface area contributed by atoms with E-state index in [1.807, 2.05) is 18.2 Å². The summed E-state index contributed by atoms with van der Waals surface area (Å²) in [7, 11) is 2.70. The molecule has 22 heavy (non-hydrogen) atoms. The fraction of sp³-hybridized carbons (Fsp3) is 0.500. The van der Waals surface area contributed by atoms with Crippen molar-refractivity contribution in [1.82, 2.24) is 0 Å². The van der Waals surface area contributed by atoms with E-state index in [-0.39, 0.29) is 5.92 Å². The first-order valence-corrected chi connectivity index (χ1v) is 11.0. The molecule has 0 radical (unpaired) electrons. The highest BCUT2D eigenvalue weighted by Gasteiger charge is 2.23. The van der Waals surface area contributed by atoms with Gasteiger partial charge in [0.1, 0.15) is 0 Å². The van der Waals surface area contributed by atoms with Gasteiger partial charge in [-0.25, -0.2) is 0 Å². The molecule has 0 heterocycles. The molecular weight excluding hydrogens is 367 g/mol. The molecule has 1 rings (SSSR count). The van der Waals surface area contributed by atoms with E-state index in [4.69, 9.17) is 8.42 Å². The smallest absolute Gasteiger partial charge is 0.195 e. The molecule has 8 heteroatoms. The average Bonchev–Trinajstić information content (AvgIpc) is 2.41. The van der Waals surface area contributed by atoms with Gasteiger partial charge < -0.3 is 0 Å². The summed E-state index contributed by atoms with van der Waals surface area (Å²) in [5.74, 6) is 0.365. The number of allylic oxidation sites excluding steroid dienone is 5. The van der Waals surface area contributed by atoms with Gasteiger partial charge in [-0.1, -0.05) is 44.1 Å². The van der Waals surface area contributed by atoms with Gasteiger partial charge in [-0.15, -0.1) is 6.58 Å². The molecule has 126 valence electrons. The Morgan fingerprint density at radius 1 is 1.36 bits per heavy atom. The van der Waals surface area contributed by atoms with Crippen molar-refractivity contribution in [2.45, 2.75) is 32.6 Å². The zero-order valence-corrected chi connectivity index (χ0v) is 15.4. The third kappa shape index (κ3) is 10.2. The van der Waals surface area contributed by atoms with Crippen LogP contribution in [0.15, 0.2) is 37.0 Å². The maximum Gasteiger partial charge on any atom is 0.317 e. The minimum atomic E-state index is -3.72. The summed E-state index contributed by atoms with van der Waals surface area (Å²) in [5, 5.41) is 0. The van der Waals surface area contributed by atoms with Crippen LogP contribution < -0.4 is 0 Å². The van der Waals surface area contributed by atoms with Crippen molar-refractivity contribution in [2.75, 3.05) is 0 Å². The van der Waals surface area contributed by atoms with Crippen LogP contribution in [0.4, 0.5) is 0 Å². The van der Waals surface area contributed by atoms with E-state index in [0.717, 1.165) is 25.7 Å². The highest BCUT2D eigenvalue weighted by Crippen LogP contribution is 2.27. The zero-order chi connectivity index (χ0) is 17.2. The number of unbranched alkanes of at least 4 members (excludes halogenated alkanes) is 1. The quantitative estimate of drug-likeness (QED) is 0.394. The highest BCUT2D eigenvalue weighted by molar-refractivity contribution is 8.31. The predicted molar refractivity (Wildman–Crippen MR) is 94.2 cm³/mol. The molecule has 0 saturated heterocycles. The molecule has 4 nitrogen and oxygen atoms in total. The Bertz CT molecular complexity index is 630. The van der Waals surface area contributed by atoms with Crippen molar-refractivity contribution >= 4 is 44.8 Å². The molecule has 0 spiro atoms. The second kappa shape index (κ2) is 11.0. The van der Waals surface area contributed by atoms with Crippen LogP contribution in [0.3, 0.4) is 0 Å². The van der Waals surface area contributed by atoms with E-state index in [2.05, 4.69) is 34.9 Å². The van der Waals surface area contributed by atoms with Crippen molar-refractivity contribution < 1.29 is 16.8 Å². The van der Waals surface area contributed by atoms with Gasteiger partial charge >= 0.3 is 8.26 Å². The Labute approximate surface area is 143 Å². The van der Waals surface area contributed by atoms with Gasteiger partial charge in [-0.2, -0.15) is 16.8 Å². The van der Waals surface area contributed by atoms with Crippen molar-refractivity contribution in [3.63, 3.8) is 0 Å². The van der Waals surface area contributed by atoms with Gasteiger partial charge in [-0.3, -0.25) is 0 Å². The first kappa shape index (κ1) is 21.4. The molecule has 0 aromatic carbocycles. The van der Waals surface area contributed by atoms with Crippen LogP contribution in [0.2, 0.25) is 0 Å². The molecule has 0 saturated carbocycles. The molecular formula is C14H20Cl2O4S2. The van der Waals surface area contributed by atoms with Crippen molar-refractivity contribution in [3.8, 4) is 0 Å². The minimum Gasteiger partial charge on any atom is -0.195 e. The van der Waals surface area contributed by atoms with E-state index in [9.17, 15) is 8.42 Å². The lowest BCUT2D eigenvalue weighted by Crippen LogP contribution is -2.22. The lowest BCUT2D eigenvalue weighted by atomic mass is 9.81. The normalized spacial score (nSPS) is 18.3. The topological polar surface area (TPSA) is 68.3 Å². The fourth-order valence-corrected chi connectivity index (χ4v) is 2.90. The largest absolute Gasteiger partial charge is 0.317 e. The Hall–Kier alpha value is -0.560. The average molecular weight is 387 g/mol. The Morgan fingerprint density at radius 2 is 1.95 bits per heavy atom. The van der Waals surface area contributed by atoms with Crippen LogP contribution >= 0.6 is 21.4 Å². The number of halogens is 2. The van der Waals surface area contributed by atoms with E-state index in [0.29, 0.717) is 10.8 Å². The van der Waals surface area contributed by atoms with E-state index < -0.39 is 18.6 Å². The zero-order valence-electron chi connectivity index (χ0n) is 12.3. The Kier molecular flexibility index (Phi) is 10.8. The van der Waals surface area contributed by atoms with Crippen LogP contribution in [-0.4, -0.2) is 21.7 Å². The number of rotatable bonds is 6. The predicted octanol–water partition coefficient (Wildman–Crippen LogP) is 3.87. The van der Waals surface area contributed by atoms with Crippen LogP contribution in [0.25, 0.3) is 0 Å². The summed E-state index contributed by atoms with van der Waals surface area (Å²) in [5.41, 5.74) is 0. The summed E-state index contributed by atoms with van der Waals surface area (Å²) >= 11 is 0. The Morgan fingerprint density at radius 3 is 2.41 bits per heavy atom. The van der Waals surface area contributed by atoms with Gasteiger partial charge in [0.05, 0.1) is 4.86 Å². The molecule has 2 unspecified atom stereocenters. The van der Waals surface area contributed by atoms with Gasteiger partial charge in [0, 0.05) is 27.3 Å². The lowest BCUT2D eigenvalue weighted by Gasteiger charge is -2.24. The summed E-state index contributed by atoms with van der Waals surface area (Å²) < 4.78 is 40.7. The summed E-state index contributed by atoms with van der Waals surface area (Å²) in [6.07, 6.45) is 13.5. The molecule has 0 N–H and O–H groups in total. The van der Waals surface area contributed by atoms with Crippen molar-refractivity contribution in [3.05, 3.63) is 37.0 Å². The number of hydrogen-bond acceptors (Lipinski definition) is 4. The highest BCUT2D eigenvalue weighted by atomic mass is 36.0. The van der Waals surface area contributed by atoms with Crippen molar-refractivity contribution in [2.24, 2.45) is 11.8 Å². The van der Waals surface area contributed by atoms with Gasteiger partial charge in [0.15, 0.2) is 0 Å². The molecule has 0 amide bonds. The molecule has 1 aliphatic rings. The molecule has 2 atom stereocenters. The van der Waals surface area contributed by atoms with Gasteiger partial charge in [-0.05, 0) is 24.8 Å². The molecule has 1 aliphatic carbocycles. The first-order valence-electron chi connectivity index (χ1n) is 6.76. The maximum atomic E-state index is 11.2. The van der Waals surface area contributed by atoms with Gasteiger partial charge in [0.2, 0.25) is 10.3 Å². The third-order valence-corrected chi connectivity index (χ3v) is 3.91. The Balaban J connectivity index is 0.000000763. The van der Waals surface area contributed by atoms with Crippen LogP contribution in [0, 0.1) is 11.8 Å².